The summed E-state index contributed by atoms with van der Waals surface area (Å²) in [6.07, 6.45) is 1.85. The molecule has 0 aliphatic carbocycles. The largest absolute Gasteiger partial charge is 0.326 e. The van der Waals surface area contributed by atoms with E-state index in [4.69, 9.17) is 0 Å². The van der Waals surface area contributed by atoms with E-state index >= 15 is 0 Å². The van der Waals surface area contributed by atoms with Crippen LogP contribution in [0.4, 0.5) is 22.0 Å². The zero-order chi connectivity index (χ0) is 18.5. The van der Waals surface area contributed by atoms with E-state index in [1.54, 1.807) is 28.9 Å². The molecule has 2 aromatic carbocycles. The lowest BCUT2D eigenvalue weighted by Gasteiger charge is -2.08. The lowest BCUT2D eigenvalue weighted by molar-refractivity contribution is -0.114. The van der Waals surface area contributed by atoms with Gasteiger partial charge in [0.05, 0.1) is 5.69 Å². The zero-order valence-corrected chi connectivity index (χ0v) is 14.5. The molecule has 0 fully saturated rings. The van der Waals surface area contributed by atoms with Crippen molar-refractivity contribution in [1.82, 2.24) is 9.78 Å². The molecule has 132 valence electrons. The van der Waals surface area contributed by atoms with Crippen LogP contribution in [0.1, 0.15) is 12.5 Å². The molecular formula is C19H19N5O2. The molecule has 0 unspecified atom stereocenters. The number of nitrogens with zero attached hydrogens (tertiary/aromatic N) is 2. The lowest BCUT2D eigenvalue weighted by Crippen LogP contribution is -2.20. The maximum absolute atomic E-state index is 12.2. The highest BCUT2D eigenvalue weighted by Crippen LogP contribution is 2.17. The van der Waals surface area contributed by atoms with Gasteiger partial charge < -0.3 is 10.6 Å². The summed E-state index contributed by atoms with van der Waals surface area (Å²) in [5.41, 5.74) is 3.04. The van der Waals surface area contributed by atoms with Gasteiger partial charge in [-0.3, -0.25) is 10.1 Å². The molecule has 0 aliphatic heterocycles. The summed E-state index contributed by atoms with van der Waals surface area (Å²) in [6, 6.07) is 16.1. The number of aryl methyl sites for hydroxylation is 1. The summed E-state index contributed by atoms with van der Waals surface area (Å²) in [5.74, 6) is 0.342. The van der Waals surface area contributed by atoms with Gasteiger partial charge in [0.2, 0.25) is 5.91 Å². The summed E-state index contributed by atoms with van der Waals surface area (Å²) in [7, 11) is 0. The maximum Gasteiger partial charge on any atom is 0.324 e. The van der Waals surface area contributed by atoms with E-state index in [-0.39, 0.29) is 5.91 Å². The monoisotopic (exact) mass is 349 g/mol. The second-order valence-electron chi connectivity index (χ2n) is 5.78. The lowest BCUT2D eigenvalue weighted by atomic mass is 10.3. The first kappa shape index (κ1) is 17.2. The second-order valence-corrected chi connectivity index (χ2v) is 5.78. The van der Waals surface area contributed by atoms with Crippen molar-refractivity contribution in [2.45, 2.75) is 13.8 Å². The Balaban J connectivity index is 1.65. The van der Waals surface area contributed by atoms with Crippen LogP contribution in [-0.4, -0.2) is 21.7 Å². The fraction of sp³-hybridized carbons (Fsp3) is 0.105. The number of carbonyl (C=O) groups excluding carboxylic acids is 2. The highest BCUT2D eigenvalue weighted by molar-refractivity contribution is 5.99. The van der Waals surface area contributed by atoms with Crippen molar-refractivity contribution in [1.29, 1.82) is 0 Å². The van der Waals surface area contributed by atoms with Crippen LogP contribution >= 0.6 is 0 Å². The number of nitrogens with one attached hydrogen (secondary N) is 3. The second kappa shape index (κ2) is 7.52. The first-order valence-electron chi connectivity index (χ1n) is 8.08. The number of rotatable bonds is 4. The number of urea groups is 1. The Hall–Kier alpha value is -3.61. The molecule has 0 saturated carbocycles. The molecule has 3 aromatic rings. The highest BCUT2D eigenvalue weighted by Gasteiger charge is 2.10. The van der Waals surface area contributed by atoms with Crippen LogP contribution in [-0.2, 0) is 4.79 Å². The number of benzene rings is 2. The molecule has 7 nitrogen and oxygen atoms in total. The Morgan fingerprint density at radius 3 is 2.12 bits per heavy atom. The third kappa shape index (κ3) is 4.27. The average molecular weight is 349 g/mol. The van der Waals surface area contributed by atoms with Gasteiger partial charge in [0.25, 0.3) is 0 Å². The van der Waals surface area contributed by atoms with Crippen LogP contribution in [0.3, 0.4) is 0 Å². The molecule has 0 radical (unpaired) electrons. The van der Waals surface area contributed by atoms with Gasteiger partial charge in [0.15, 0.2) is 5.82 Å². The van der Waals surface area contributed by atoms with Crippen molar-refractivity contribution >= 4 is 29.1 Å². The quantitative estimate of drug-likeness (QED) is 0.670. The smallest absolute Gasteiger partial charge is 0.324 e. The van der Waals surface area contributed by atoms with E-state index in [9.17, 15) is 9.59 Å². The van der Waals surface area contributed by atoms with E-state index in [0.29, 0.717) is 17.2 Å². The van der Waals surface area contributed by atoms with E-state index in [0.717, 1.165) is 11.3 Å². The highest BCUT2D eigenvalue weighted by atomic mass is 16.2. The minimum Gasteiger partial charge on any atom is -0.326 e. The fourth-order valence-corrected chi connectivity index (χ4v) is 2.41. The molecule has 1 heterocycles. The Labute approximate surface area is 151 Å². The number of hydrogen-bond acceptors (Lipinski definition) is 3. The minimum absolute atomic E-state index is 0.145. The molecule has 26 heavy (non-hydrogen) atoms. The van der Waals surface area contributed by atoms with Crippen LogP contribution in [0.25, 0.3) is 5.69 Å². The number of hydrogen-bond donors (Lipinski definition) is 3. The predicted molar refractivity (Wildman–Crippen MR) is 102 cm³/mol. The Bertz CT molecular complexity index is 917. The minimum atomic E-state index is -0.390. The van der Waals surface area contributed by atoms with E-state index in [2.05, 4.69) is 21.0 Å². The van der Waals surface area contributed by atoms with E-state index < -0.39 is 6.03 Å². The van der Waals surface area contributed by atoms with Crippen LogP contribution in [0, 0.1) is 6.92 Å². The van der Waals surface area contributed by atoms with Gasteiger partial charge in [-0.15, -0.1) is 5.10 Å². The van der Waals surface area contributed by atoms with Crippen molar-refractivity contribution < 1.29 is 9.59 Å². The van der Waals surface area contributed by atoms with Gasteiger partial charge in [-0.1, -0.05) is 18.2 Å². The molecule has 0 saturated heterocycles. The van der Waals surface area contributed by atoms with Gasteiger partial charge in [0, 0.05) is 30.1 Å². The standard InChI is InChI=1S/C19H19N5O2/c1-13-12-24(17-6-4-3-5-7-17)23-18(13)22-19(26)21-16-10-8-15(9-11-16)20-14(2)25/h3-12H,1-2H3,(H,20,25)(H2,21,22,23,26). The topological polar surface area (TPSA) is 88.1 Å². The average Bonchev–Trinajstić information content (AvgIpc) is 2.97. The molecule has 3 amide bonds. The first-order chi connectivity index (χ1) is 12.5. The van der Waals surface area contributed by atoms with Crippen molar-refractivity contribution in [2.75, 3.05) is 16.0 Å². The first-order valence-corrected chi connectivity index (χ1v) is 8.08. The Morgan fingerprint density at radius 2 is 1.50 bits per heavy atom. The summed E-state index contributed by atoms with van der Waals surface area (Å²) in [4.78, 5) is 23.2. The molecule has 0 atom stereocenters. The van der Waals surface area contributed by atoms with Crippen molar-refractivity contribution in [3.05, 3.63) is 66.4 Å². The molecule has 3 rings (SSSR count). The van der Waals surface area contributed by atoms with Crippen LogP contribution in [0.15, 0.2) is 60.8 Å². The van der Waals surface area contributed by atoms with E-state index in [1.165, 1.54) is 6.92 Å². The normalized spacial score (nSPS) is 10.2. The molecular weight excluding hydrogens is 330 g/mol. The van der Waals surface area contributed by atoms with Gasteiger partial charge in [-0.05, 0) is 43.3 Å². The molecule has 3 N–H and O–H groups in total. The summed E-state index contributed by atoms with van der Waals surface area (Å²) in [6.45, 7) is 3.32. The zero-order valence-electron chi connectivity index (χ0n) is 14.5. The summed E-state index contributed by atoms with van der Waals surface area (Å²) >= 11 is 0. The van der Waals surface area contributed by atoms with Crippen LogP contribution in [0.2, 0.25) is 0 Å². The van der Waals surface area contributed by atoms with Gasteiger partial charge >= 0.3 is 6.03 Å². The van der Waals surface area contributed by atoms with Gasteiger partial charge in [-0.2, -0.15) is 0 Å². The third-order valence-electron chi connectivity index (χ3n) is 3.61. The van der Waals surface area contributed by atoms with Crippen LogP contribution in [0.5, 0.6) is 0 Å². The molecule has 7 heteroatoms. The van der Waals surface area contributed by atoms with E-state index in [1.807, 2.05) is 43.5 Å². The maximum atomic E-state index is 12.2. The fourth-order valence-electron chi connectivity index (χ4n) is 2.41. The Kier molecular flexibility index (Phi) is 4.98. The molecule has 1 aromatic heterocycles. The molecule has 0 spiro atoms. The third-order valence-corrected chi connectivity index (χ3v) is 3.61. The van der Waals surface area contributed by atoms with Crippen LogP contribution < -0.4 is 16.0 Å². The number of para-hydroxylation sites is 1. The summed E-state index contributed by atoms with van der Waals surface area (Å²) in [5, 5.41) is 12.6. The SMILES string of the molecule is CC(=O)Nc1ccc(NC(=O)Nc2nn(-c3ccccc3)cc2C)cc1. The van der Waals surface area contributed by atoms with Gasteiger partial charge in [0.1, 0.15) is 0 Å². The Morgan fingerprint density at radius 1 is 0.885 bits per heavy atom. The van der Waals surface area contributed by atoms with Gasteiger partial charge in [-0.25, -0.2) is 9.48 Å². The number of aromatic nitrogens is 2. The van der Waals surface area contributed by atoms with Crippen molar-refractivity contribution in [3.8, 4) is 5.69 Å². The number of anilines is 3. The number of carbonyl (C=O) groups is 2. The molecule has 0 aliphatic rings. The van der Waals surface area contributed by atoms with Crippen molar-refractivity contribution in [3.63, 3.8) is 0 Å². The van der Waals surface area contributed by atoms with Crippen molar-refractivity contribution in [2.24, 2.45) is 0 Å². The predicted octanol–water partition coefficient (Wildman–Crippen LogP) is 3.78. The summed E-state index contributed by atoms with van der Waals surface area (Å²) < 4.78 is 1.72. The number of amides is 3. The molecule has 0 bridgehead atoms.